The molecule has 2 atom stereocenters. The maximum absolute atomic E-state index is 14.3. The maximum Gasteiger partial charge on any atom is 0.322 e. The molecular formula is C37H34BrCl2N7O2. The molecule has 0 bridgehead atoms. The molecule has 1 aliphatic heterocycles. The van der Waals surface area contributed by atoms with Gasteiger partial charge in [0, 0.05) is 64.5 Å². The Bertz CT molecular complexity index is 1970. The van der Waals surface area contributed by atoms with Crippen LogP contribution < -0.4 is 10.6 Å². The van der Waals surface area contributed by atoms with Crippen molar-refractivity contribution in [1.29, 1.82) is 0 Å². The first-order valence-electron chi connectivity index (χ1n) is 16.1. The van der Waals surface area contributed by atoms with E-state index in [4.69, 9.17) is 28.2 Å². The van der Waals surface area contributed by atoms with Crippen molar-refractivity contribution in [1.82, 2.24) is 24.3 Å². The van der Waals surface area contributed by atoms with E-state index in [2.05, 4.69) is 48.6 Å². The number of hydrogen-bond acceptors (Lipinski definition) is 5. The fraction of sp³-hybridized carbons (Fsp3) is 0.243. The van der Waals surface area contributed by atoms with Crippen molar-refractivity contribution in [2.75, 3.05) is 30.3 Å². The lowest BCUT2D eigenvalue weighted by Gasteiger charge is -2.43. The minimum absolute atomic E-state index is 0.225. The molecule has 2 aromatic heterocycles. The van der Waals surface area contributed by atoms with E-state index >= 15 is 0 Å². The zero-order valence-electron chi connectivity index (χ0n) is 26.7. The van der Waals surface area contributed by atoms with Gasteiger partial charge in [0.05, 0.1) is 23.8 Å². The van der Waals surface area contributed by atoms with Crippen LogP contribution in [-0.4, -0.2) is 61.9 Å². The minimum atomic E-state index is -0.807. The summed E-state index contributed by atoms with van der Waals surface area (Å²) in [6, 6.07) is 21.4. The molecule has 3 aromatic carbocycles. The third-order valence-corrected chi connectivity index (χ3v) is 9.97. The highest BCUT2D eigenvalue weighted by atomic mass is 79.9. The second-order valence-electron chi connectivity index (χ2n) is 12.5. The highest BCUT2D eigenvalue weighted by molar-refractivity contribution is 9.10. The normalized spacial score (nSPS) is 17.5. The fourth-order valence-corrected chi connectivity index (χ4v) is 7.46. The summed E-state index contributed by atoms with van der Waals surface area (Å²) in [5, 5.41) is 7.34. The number of pyridine rings is 1. The fourth-order valence-electron chi connectivity index (χ4n) is 6.76. The lowest BCUT2D eigenvalue weighted by molar-refractivity contribution is -0.122. The Morgan fingerprint density at radius 3 is 2.49 bits per heavy atom. The number of piperazine rings is 1. The third kappa shape index (κ3) is 7.52. The summed E-state index contributed by atoms with van der Waals surface area (Å²) in [6.45, 7) is 3.71. The van der Waals surface area contributed by atoms with Crippen molar-refractivity contribution in [3.8, 4) is 0 Å². The molecular weight excluding hydrogens is 725 g/mol. The van der Waals surface area contributed by atoms with E-state index in [-0.39, 0.29) is 24.5 Å². The summed E-state index contributed by atoms with van der Waals surface area (Å²) in [4.78, 5) is 41.3. The number of rotatable bonds is 6. The molecule has 3 heterocycles. The lowest BCUT2D eigenvalue weighted by atomic mass is 9.95. The molecule has 1 saturated heterocycles. The largest absolute Gasteiger partial charge is 0.333 e. The van der Waals surface area contributed by atoms with Crippen LogP contribution in [0.5, 0.6) is 0 Å². The molecule has 9 nitrogen and oxygen atoms in total. The molecule has 0 radical (unpaired) electrons. The molecule has 2 aliphatic rings. The Balaban J connectivity index is 1.20. The van der Waals surface area contributed by atoms with Crippen molar-refractivity contribution in [3.63, 3.8) is 0 Å². The van der Waals surface area contributed by atoms with Crippen LogP contribution in [0.25, 0.3) is 0 Å². The molecule has 49 heavy (non-hydrogen) atoms. The lowest BCUT2D eigenvalue weighted by Crippen LogP contribution is -2.61. The standard InChI is InChI=1S/C37H34BrCl2N7O2/c1-23-19-45(22-42-23)20-24-3-2-4-31(15-24)43-36(48)33-21-46(13-14-47(33)37(49)44-30-10-7-28(39)8-11-30)35-32-12-9-29(40)17-25(32)5-6-26-16-27(38)18-41-34(26)35/h2-4,7-12,15-19,22,33,35H,5-6,13-14,20-21H2,1H3,(H,43,48)(H,44,49)/t33?,35-/m1/s1. The van der Waals surface area contributed by atoms with E-state index in [9.17, 15) is 9.59 Å². The second kappa shape index (κ2) is 14.3. The summed E-state index contributed by atoms with van der Waals surface area (Å²) >= 11 is 16.2. The van der Waals surface area contributed by atoms with Crippen LogP contribution in [0.4, 0.5) is 16.2 Å². The van der Waals surface area contributed by atoms with Crippen molar-refractivity contribution in [2.45, 2.75) is 38.4 Å². The predicted octanol–water partition coefficient (Wildman–Crippen LogP) is 7.75. The van der Waals surface area contributed by atoms with E-state index < -0.39 is 6.04 Å². The molecule has 1 fully saturated rings. The Morgan fingerprint density at radius 1 is 0.898 bits per heavy atom. The number of amides is 3. The number of urea groups is 1. The van der Waals surface area contributed by atoms with Gasteiger partial charge in [0.25, 0.3) is 0 Å². The number of aryl methyl sites for hydroxylation is 3. The number of halogens is 3. The molecule has 3 amide bonds. The Kier molecular flexibility index (Phi) is 9.73. The average Bonchev–Trinajstić information content (AvgIpc) is 3.42. The number of aromatic nitrogens is 3. The van der Waals surface area contributed by atoms with Crippen LogP contribution in [0.3, 0.4) is 0 Å². The van der Waals surface area contributed by atoms with Crippen LogP contribution in [0.1, 0.15) is 39.7 Å². The first kappa shape index (κ1) is 33.3. The molecule has 250 valence electrons. The first-order valence-corrected chi connectivity index (χ1v) is 17.6. The summed E-state index contributed by atoms with van der Waals surface area (Å²) in [5.74, 6) is -0.277. The van der Waals surface area contributed by atoms with Gasteiger partial charge < -0.3 is 20.1 Å². The van der Waals surface area contributed by atoms with Gasteiger partial charge in [-0.05, 0) is 113 Å². The molecule has 12 heteroatoms. The van der Waals surface area contributed by atoms with Gasteiger partial charge in [-0.2, -0.15) is 0 Å². The Morgan fingerprint density at radius 2 is 1.69 bits per heavy atom. The van der Waals surface area contributed by atoms with Crippen LogP contribution in [0, 0.1) is 6.92 Å². The smallest absolute Gasteiger partial charge is 0.322 e. The summed E-state index contributed by atoms with van der Waals surface area (Å²) in [5.41, 5.74) is 7.55. The number of anilines is 2. The monoisotopic (exact) mass is 757 g/mol. The average molecular weight is 760 g/mol. The maximum atomic E-state index is 14.3. The number of carbonyl (C=O) groups is 2. The van der Waals surface area contributed by atoms with E-state index in [1.165, 1.54) is 0 Å². The highest BCUT2D eigenvalue weighted by Gasteiger charge is 2.40. The van der Waals surface area contributed by atoms with Crippen molar-refractivity contribution < 1.29 is 9.59 Å². The predicted molar refractivity (Wildman–Crippen MR) is 196 cm³/mol. The third-order valence-electron chi connectivity index (χ3n) is 9.05. The molecule has 5 aromatic rings. The van der Waals surface area contributed by atoms with E-state index in [0.717, 1.165) is 51.0 Å². The number of nitrogens with one attached hydrogen (secondary N) is 2. The molecule has 1 aliphatic carbocycles. The quantitative estimate of drug-likeness (QED) is 0.185. The molecule has 0 saturated carbocycles. The van der Waals surface area contributed by atoms with Crippen LogP contribution >= 0.6 is 39.1 Å². The Hall–Kier alpha value is -4.22. The van der Waals surface area contributed by atoms with Gasteiger partial charge >= 0.3 is 6.03 Å². The first-order chi connectivity index (χ1) is 23.7. The zero-order chi connectivity index (χ0) is 34.1. The van der Waals surface area contributed by atoms with E-state index in [1.54, 1.807) is 35.5 Å². The molecule has 1 unspecified atom stereocenters. The number of hydrogen-bond donors (Lipinski definition) is 2. The van der Waals surface area contributed by atoms with Gasteiger partial charge in [-0.1, -0.05) is 41.4 Å². The number of fused-ring (bicyclic) bond motifs is 2. The molecule has 7 rings (SSSR count). The van der Waals surface area contributed by atoms with E-state index in [0.29, 0.717) is 41.1 Å². The minimum Gasteiger partial charge on any atom is -0.333 e. The zero-order valence-corrected chi connectivity index (χ0v) is 29.8. The van der Waals surface area contributed by atoms with Gasteiger partial charge in [0.1, 0.15) is 6.04 Å². The second-order valence-corrected chi connectivity index (χ2v) is 14.3. The SMILES string of the molecule is Cc1cn(Cc2cccc(NC(=O)C3CN([C@@H]4c5ccc(Cl)cc5CCc5cc(Br)cnc54)CCN3C(=O)Nc3ccc(Cl)cc3)c2)cn1. The highest BCUT2D eigenvalue weighted by Crippen LogP contribution is 2.38. The van der Waals surface area contributed by atoms with Gasteiger partial charge in [-0.25, -0.2) is 9.78 Å². The van der Waals surface area contributed by atoms with Crippen LogP contribution in [0.15, 0.2) is 96.0 Å². The summed E-state index contributed by atoms with van der Waals surface area (Å²) < 4.78 is 2.92. The summed E-state index contributed by atoms with van der Waals surface area (Å²) in [6.07, 6.45) is 7.22. The topological polar surface area (TPSA) is 95.4 Å². The Labute approximate surface area is 303 Å². The molecule has 2 N–H and O–H groups in total. The number of benzene rings is 3. The van der Waals surface area contributed by atoms with Crippen LogP contribution in [0.2, 0.25) is 10.0 Å². The van der Waals surface area contributed by atoms with Gasteiger partial charge in [-0.15, -0.1) is 0 Å². The van der Waals surface area contributed by atoms with Gasteiger partial charge in [0.2, 0.25) is 5.91 Å². The van der Waals surface area contributed by atoms with Crippen molar-refractivity contribution in [2.24, 2.45) is 0 Å². The number of nitrogens with zero attached hydrogens (tertiary/aromatic N) is 5. The number of carbonyl (C=O) groups excluding carboxylic acids is 2. The molecule has 0 spiro atoms. The van der Waals surface area contributed by atoms with Crippen molar-refractivity contribution >= 4 is 62.4 Å². The van der Waals surface area contributed by atoms with Crippen molar-refractivity contribution in [3.05, 3.63) is 140 Å². The van der Waals surface area contributed by atoms with Crippen LogP contribution in [-0.2, 0) is 24.2 Å². The summed E-state index contributed by atoms with van der Waals surface area (Å²) in [7, 11) is 0. The number of imidazole rings is 1. The van der Waals surface area contributed by atoms with E-state index in [1.807, 2.05) is 60.3 Å². The van der Waals surface area contributed by atoms with Gasteiger partial charge in [0.15, 0.2) is 0 Å². The van der Waals surface area contributed by atoms with Gasteiger partial charge in [-0.3, -0.25) is 14.7 Å².